The van der Waals surface area contributed by atoms with E-state index < -0.39 is 0 Å². The maximum absolute atomic E-state index is 3.45. The van der Waals surface area contributed by atoms with Gasteiger partial charge in [-0.1, -0.05) is 18.2 Å². The number of fused-ring (bicyclic) bond motifs is 1. The highest BCUT2D eigenvalue weighted by Gasteiger charge is 2.21. The minimum atomic E-state index is 0.891. The maximum Gasteiger partial charge on any atom is 0.0398 e. The predicted molar refractivity (Wildman–Crippen MR) is 72.6 cm³/mol. The standard InChI is InChI=1S/C15H22N2/c1-2-6-15-14(4-1)5-3-11-17(15)12-13-7-9-16-10-8-13/h1-2,4,6,13,16H,3,5,7-12H2. The molecule has 0 aromatic heterocycles. The highest BCUT2D eigenvalue weighted by Crippen LogP contribution is 2.28. The van der Waals surface area contributed by atoms with Gasteiger partial charge in [-0.3, -0.25) is 0 Å². The van der Waals surface area contributed by atoms with Crippen LogP contribution in [-0.2, 0) is 6.42 Å². The zero-order valence-corrected chi connectivity index (χ0v) is 10.5. The molecule has 0 aliphatic carbocycles. The molecule has 0 saturated carbocycles. The molecule has 2 nitrogen and oxygen atoms in total. The molecule has 1 aromatic rings. The molecule has 1 fully saturated rings. The lowest BCUT2D eigenvalue weighted by Gasteiger charge is -2.35. The van der Waals surface area contributed by atoms with Gasteiger partial charge in [-0.2, -0.15) is 0 Å². The van der Waals surface area contributed by atoms with E-state index in [0.29, 0.717) is 0 Å². The molecule has 2 heteroatoms. The smallest absolute Gasteiger partial charge is 0.0398 e. The molecule has 0 unspecified atom stereocenters. The largest absolute Gasteiger partial charge is 0.371 e. The molecule has 1 N–H and O–H groups in total. The van der Waals surface area contributed by atoms with Gasteiger partial charge < -0.3 is 10.2 Å². The van der Waals surface area contributed by atoms with Gasteiger partial charge in [-0.25, -0.2) is 0 Å². The quantitative estimate of drug-likeness (QED) is 0.839. The van der Waals surface area contributed by atoms with Gasteiger partial charge in [0.05, 0.1) is 0 Å². The van der Waals surface area contributed by atoms with Crippen LogP contribution in [0.5, 0.6) is 0 Å². The van der Waals surface area contributed by atoms with E-state index in [-0.39, 0.29) is 0 Å². The van der Waals surface area contributed by atoms with E-state index in [1.54, 1.807) is 5.56 Å². The van der Waals surface area contributed by atoms with E-state index in [4.69, 9.17) is 0 Å². The second-order valence-corrected chi connectivity index (χ2v) is 5.37. The van der Waals surface area contributed by atoms with Crippen molar-refractivity contribution in [3.63, 3.8) is 0 Å². The van der Waals surface area contributed by atoms with Crippen molar-refractivity contribution in [2.75, 3.05) is 31.1 Å². The summed E-state index contributed by atoms with van der Waals surface area (Å²) in [5.41, 5.74) is 3.05. The van der Waals surface area contributed by atoms with Crippen molar-refractivity contribution in [2.45, 2.75) is 25.7 Å². The van der Waals surface area contributed by atoms with Crippen molar-refractivity contribution in [3.05, 3.63) is 29.8 Å². The summed E-state index contributed by atoms with van der Waals surface area (Å²) < 4.78 is 0. The van der Waals surface area contributed by atoms with Crippen LogP contribution in [0.1, 0.15) is 24.8 Å². The van der Waals surface area contributed by atoms with Gasteiger partial charge >= 0.3 is 0 Å². The molecule has 0 bridgehead atoms. The molecule has 2 aliphatic heterocycles. The Morgan fingerprint density at radius 3 is 2.88 bits per heavy atom. The molecule has 2 aliphatic rings. The average Bonchev–Trinajstić information content (AvgIpc) is 2.40. The van der Waals surface area contributed by atoms with Crippen LogP contribution in [0, 0.1) is 5.92 Å². The third-order valence-corrected chi connectivity index (χ3v) is 4.14. The Balaban J connectivity index is 1.71. The molecular weight excluding hydrogens is 208 g/mol. The number of nitrogens with zero attached hydrogens (tertiary/aromatic N) is 1. The number of rotatable bonds is 2. The topological polar surface area (TPSA) is 15.3 Å². The lowest BCUT2D eigenvalue weighted by atomic mass is 9.95. The van der Waals surface area contributed by atoms with Gasteiger partial charge in [0.25, 0.3) is 0 Å². The summed E-state index contributed by atoms with van der Waals surface area (Å²) in [5, 5.41) is 3.45. The summed E-state index contributed by atoms with van der Waals surface area (Å²) in [7, 11) is 0. The van der Waals surface area contributed by atoms with Crippen LogP contribution < -0.4 is 10.2 Å². The molecule has 0 amide bonds. The predicted octanol–water partition coefficient (Wildman–Crippen LogP) is 2.44. The molecule has 2 heterocycles. The first-order valence-electron chi connectivity index (χ1n) is 6.97. The minimum absolute atomic E-state index is 0.891. The van der Waals surface area contributed by atoms with Crippen LogP contribution in [0.4, 0.5) is 5.69 Å². The van der Waals surface area contributed by atoms with Gasteiger partial charge in [0, 0.05) is 18.8 Å². The molecule has 1 saturated heterocycles. The Morgan fingerprint density at radius 2 is 2.00 bits per heavy atom. The van der Waals surface area contributed by atoms with Crippen LogP contribution in [-0.4, -0.2) is 26.2 Å². The summed E-state index contributed by atoms with van der Waals surface area (Å²) in [6, 6.07) is 8.95. The number of anilines is 1. The van der Waals surface area contributed by atoms with Crippen LogP contribution >= 0.6 is 0 Å². The highest BCUT2D eigenvalue weighted by molar-refractivity contribution is 5.55. The maximum atomic E-state index is 3.45. The molecule has 0 radical (unpaired) electrons. The Kier molecular flexibility index (Phi) is 3.32. The van der Waals surface area contributed by atoms with E-state index in [9.17, 15) is 0 Å². The lowest BCUT2D eigenvalue weighted by Crippen LogP contribution is -2.38. The fraction of sp³-hybridized carbons (Fsp3) is 0.600. The summed E-state index contributed by atoms with van der Waals surface area (Å²) in [4.78, 5) is 2.62. The third-order valence-electron chi connectivity index (χ3n) is 4.14. The Morgan fingerprint density at radius 1 is 1.18 bits per heavy atom. The van der Waals surface area contributed by atoms with Crippen molar-refractivity contribution >= 4 is 5.69 Å². The summed E-state index contributed by atoms with van der Waals surface area (Å²) >= 11 is 0. The summed E-state index contributed by atoms with van der Waals surface area (Å²) in [5.74, 6) is 0.891. The molecule has 0 spiro atoms. The van der Waals surface area contributed by atoms with Crippen molar-refractivity contribution in [3.8, 4) is 0 Å². The number of hydrogen-bond acceptors (Lipinski definition) is 2. The fourth-order valence-electron chi connectivity index (χ4n) is 3.18. The zero-order chi connectivity index (χ0) is 11.5. The van der Waals surface area contributed by atoms with E-state index >= 15 is 0 Å². The minimum Gasteiger partial charge on any atom is -0.371 e. The molecule has 0 atom stereocenters. The third kappa shape index (κ3) is 2.47. The Bertz CT molecular complexity index is 369. The van der Waals surface area contributed by atoms with E-state index in [0.717, 1.165) is 5.92 Å². The number of nitrogens with one attached hydrogen (secondary N) is 1. The molecular formula is C15H22N2. The average molecular weight is 230 g/mol. The first kappa shape index (κ1) is 11.1. The fourth-order valence-corrected chi connectivity index (χ4v) is 3.18. The van der Waals surface area contributed by atoms with Gasteiger partial charge in [0.2, 0.25) is 0 Å². The van der Waals surface area contributed by atoms with Crippen LogP contribution in [0.25, 0.3) is 0 Å². The summed E-state index contributed by atoms with van der Waals surface area (Å²) in [6.45, 7) is 4.93. The van der Waals surface area contributed by atoms with Gasteiger partial charge in [0.1, 0.15) is 0 Å². The number of para-hydroxylation sites is 1. The molecule has 3 rings (SSSR count). The van der Waals surface area contributed by atoms with Crippen molar-refractivity contribution in [2.24, 2.45) is 5.92 Å². The van der Waals surface area contributed by atoms with Gasteiger partial charge in [-0.05, 0) is 56.3 Å². The molecule has 92 valence electrons. The van der Waals surface area contributed by atoms with Crippen molar-refractivity contribution in [1.29, 1.82) is 0 Å². The molecule has 1 aromatic carbocycles. The first-order valence-corrected chi connectivity index (χ1v) is 6.97. The van der Waals surface area contributed by atoms with Gasteiger partial charge in [-0.15, -0.1) is 0 Å². The normalized spacial score (nSPS) is 21.3. The zero-order valence-electron chi connectivity index (χ0n) is 10.5. The Labute approximate surface area is 104 Å². The van der Waals surface area contributed by atoms with Crippen molar-refractivity contribution < 1.29 is 0 Å². The number of piperidine rings is 1. The van der Waals surface area contributed by atoms with Gasteiger partial charge in [0.15, 0.2) is 0 Å². The first-order chi connectivity index (χ1) is 8.43. The second-order valence-electron chi connectivity index (χ2n) is 5.37. The van der Waals surface area contributed by atoms with E-state index in [1.165, 1.54) is 57.5 Å². The molecule has 17 heavy (non-hydrogen) atoms. The van der Waals surface area contributed by atoms with Crippen LogP contribution in [0.3, 0.4) is 0 Å². The van der Waals surface area contributed by atoms with Crippen LogP contribution in [0.15, 0.2) is 24.3 Å². The number of hydrogen-bond donors (Lipinski definition) is 1. The van der Waals surface area contributed by atoms with Crippen LogP contribution in [0.2, 0.25) is 0 Å². The second kappa shape index (κ2) is 5.09. The van der Waals surface area contributed by atoms with Crippen molar-refractivity contribution in [1.82, 2.24) is 5.32 Å². The number of benzene rings is 1. The summed E-state index contributed by atoms with van der Waals surface area (Å²) in [6.07, 6.45) is 5.28. The monoisotopic (exact) mass is 230 g/mol. The highest BCUT2D eigenvalue weighted by atomic mass is 15.1. The van der Waals surface area contributed by atoms with E-state index in [2.05, 4.69) is 34.5 Å². The lowest BCUT2D eigenvalue weighted by molar-refractivity contribution is 0.371. The Hall–Kier alpha value is -1.02. The SMILES string of the molecule is c1ccc2c(c1)CCCN2CC1CCNCC1. The van der Waals surface area contributed by atoms with E-state index in [1.807, 2.05) is 0 Å². The number of aryl methyl sites for hydroxylation is 1.